The van der Waals surface area contributed by atoms with E-state index in [1.807, 2.05) is 11.0 Å². The predicted octanol–water partition coefficient (Wildman–Crippen LogP) is 2.32. The fourth-order valence-electron chi connectivity index (χ4n) is 3.23. The molecule has 22 heavy (non-hydrogen) atoms. The first-order chi connectivity index (χ1) is 10.6. The third kappa shape index (κ3) is 2.38. The maximum absolute atomic E-state index is 9.01. The third-order valence-electron chi connectivity index (χ3n) is 4.18. The Morgan fingerprint density at radius 1 is 1.23 bits per heavy atom. The first-order valence-electron chi connectivity index (χ1n) is 7.25. The molecule has 1 aliphatic heterocycles. The topological polar surface area (TPSA) is 104 Å². The van der Waals surface area contributed by atoms with E-state index >= 15 is 0 Å². The minimum absolute atomic E-state index is 0.218. The normalized spacial score (nSPS) is 20.3. The average molecular weight is 317 g/mol. The molecular weight excluding hydrogens is 300 g/mol. The van der Waals surface area contributed by atoms with Crippen molar-refractivity contribution in [3.63, 3.8) is 0 Å². The summed E-state index contributed by atoms with van der Waals surface area (Å²) >= 11 is 6.16. The molecule has 1 spiro atoms. The largest absolute Gasteiger partial charge is 0.369 e. The Kier molecular flexibility index (Phi) is 3.67. The summed E-state index contributed by atoms with van der Waals surface area (Å²) in [7, 11) is 0. The van der Waals surface area contributed by atoms with Gasteiger partial charge in [-0.05, 0) is 43.9 Å². The van der Waals surface area contributed by atoms with Crippen LogP contribution in [0.25, 0.3) is 0 Å². The molecule has 1 aliphatic carbocycles. The first-order valence-corrected chi connectivity index (χ1v) is 7.63. The molecule has 0 aromatic heterocycles. The number of guanidine groups is 2. The molecule has 1 saturated carbocycles. The highest BCUT2D eigenvalue weighted by atomic mass is 35.5. The lowest BCUT2D eigenvalue weighted by molar-refractivity contribution is 0.305. The van der Waals surface area contributed by atoms with E-state index in [0.717, 1.165) is 31.4 Å². The van der Waals surface area contributed by atoms with E-state index < -0.39 is 5.66 Å². The van der Waals surface area contributed by atoms with Crippen molar-refractivity contribution in [1.82, 2.24) is 0 Å². The SMILES string of the molecule is N#Cc1ccc(N2C(N)=NC(N)=NC23CCCCC3)cc1Cl. The van der Waals surface area contributed by atoms with Gasteiger partial charge < -0.3 is 11.5 Å². The van der Waals surface area contributed by atoms with Gasteiger partial charge in [-0.1, -0.05) is 18.0 Å². The number of nitrogens with two attached hydrogens (primary N) is 2. The van der Waals surface area contributed by atoms with Crippen molar-refractivity contribution in [2.45, 2.75) is 37.8 Å². The number of hydrogen-bond donors (Lipinski definition) is 2. The molecule has 0 radical (unpaired) electrons. The average Bonchev–Trinajstić information content (AvgIpc) is 2.47. The van der Waals surface area contributed by atoms with Gasteiger partial charge in [0.05, 0.1) is 10.6 Å². The molecule has 1 aromatic rings. The Morgan fingerprint density at radius 2 is 1.95 bits per heavy atom. The summed E-state index contributed by atoms with van der Waals surface area (Å²) in [5.41, 5.74) is 12.7. The third-order valence-corrected chi connectivity index (χ3v) is 4.50. The Morgan fingerprint density at radius 3 is 2.59 bits per heavy atom. The van der Waals surface area contributed by atoms with Crippen molar-refractivity contribution >= 4 is 29.2 Å². The summed E-state index contributed by atoms with van der Waals surface area (Å²) < 4.78 is 0. The first kappa shape index (κ1) is 14.7. The zero-order chi connectivity index (χ0) is 15.7. The second-order valence-corrected chi connectivity index (χ2v) is 6.00. The van der Waals surface area contributed by atoms with Gasteiger partial charge in [0, 0.05) is 5.69 Å². The van der Waals surface area contributed by atoms with Gasteiger partial charge in [0.25, 0.3) is 0 Å². The summed E-state index contributed by atoms with van der Waals surface area (Å²) in [6.07, 6.45) is 5.02. The van der Waals surface area contributed by atoms with Crippen molar-refractivity contribution < 1.29 is 0 Å². The van der Waals surface area contributed by atoms with Gasteiger partial charge in [0.2, 0.25) is 11.9 Å². The fraction of sp³-hybridized carbons (Fsp3) is 0.400. The summed E-state index contributed by atoms with van der Waals surface area (Å²) in [5.74, 6) is 0.533. The molecule has 0 unspecified atom stereocenters. The predicted molar refractivity (Wildman–Crippen MR) is 87.7 cm³/mol. The summed E-state index contributed by atoms with van der Waals surface area (Å²) in [6.45, 7) is 0. The molecule has 2 aliphatic rings. The Labute approximate surface area is 134 Å². The van der Waals surface area contributed by atoms with Crippen LogP contribution in [0.1, 0.15) is 37.7 Å². The molecule has 1 aromatic carbocycles. The molecule has 1 fully saturated rings. The highest BCUT2D eigenvalue weighted by molar-refractivity contribution is 6.32. The second-order valence-electron chi connectivity index (χ2n) is 5.59. The molecule has 114 valence electrons. The molecular formula is C15H17ClN6. The summed E-state index contributed by atoms with van der Waals surface area (Å²) in [5, 5.41) is 9.40. The Balaban J connectivity index is 2.08. The van der Waals surface area contributed by atoms with Crippen LogP contribution in [0.15, 0.2) is 28.2 Å². The van der Waals surface area contributed by atoms with E-state index in [4.69, 9.17) is 28.3 Å². The molecule has 0 bridgehead atoms. The zero-order valence-corrected chi connectivity index (χ0v) is 12.8. The Hall–Kier alpha value is -2.26. The van der Waals surface area contributed by atoms with Crippen LogP contribution in [-0.2, 0) is 0 Å². The number of hydrogen-bond acceptors (Lipinski definition) is 6. The van der Waals surface area contributed by atoms with Gasteiger partial charge in [-0.2, -0.15) is 10.3 Å². The molecule has 0 amide bonds. The van der Waals surface area contributed by atoms with Crippen LogP contribution < -0.4 is 16.4 Å². The van der Waals surface area contributed by atoms with E-state index in [-0.39, 0.29) is 5.96 Å². The molecule has 7 heteroatoms. The minimum atomic E-state index is -0.494. The fourth-order valence-corrected chi connectivity index (χ4v) is 3.45. The van der Waals surface area contributed by atoms with Crippen LogP contribution in [0.3, 0.4) is 0 Å². The van der Waals surface area contributed by atoms with Crippen molar-refractivity contribution in [1.29, 1.82) is 5.26 Å². The standard InChI is InChI=1S/C15H17ClN6/c16-12-8-11(5-4-10(12)9-17)22-14(19)20-13(18)21-15(22)6-2-1-3-7-15/h4-5,8H,1-3,6-7H2,(H4,18,19,20,21). The molecule has 3 rings (SSSR count). The van der Waals surface area contributed by atoms with Crippen molar-refractivity contribution in [2.75, 3.05) is 4.90 Å². The highest BCUT2D eigenvalue weighted by Crippen LogP contribution is 2.40. The van der Waals surface area contributed by atoms with Crippen LogP contribution in [0.4, 0.5) is 5.69 Å². The Bertz CT molecular complexity index is 696. The molecule has 6 nitrogen and oxygen atoms in total. The van der Waals surface area contributed by atoms with Gasteiger partial charge in [0.1, 0.15) is 11.7 Å². The second kappa shape index (κ2) is 5.50. The number of benzene rings is 1. The van der Waals surface area contributed by atoms with Crippen LogP contribution >= 0.6 is 11.6 Å². The minimum Gasteiger partial charge on any atom is -0.369 e. The summed E-state index contributed by atoms with van der Waals surface area (Å²) in [6, 6.07) is 7.29. The lowest BCUT2D eigenvalue weighted by atomic mass is 9.87. The summed E-state index contributed by atoms with van der Waals surface area (Å²) in [4.78, 5) is 10.6. The van der Waals surface area contributed by atoms with Crippen LogP contribution in [0, 0.1) is 11.3 Å². The number of nitriles is 1. The van der Waals surface area contributed by atoms with Crippen molar-refractivity contribution in [2.24, 2.45) is 21.5 Å². The maximum atomic E-state index is 9.01. The van der Waals surface area contributed by atoms with Crippen molar-refractivity contribution in [3.8, 4) is 6.07 Å². The van der Waals surface area contributed by atoms with Crippen LogP contribution in [0.5, 0.6) is 0 Å². The van der Waals surface area contributed by atoms with Crippen LogP contribution in [-0.4, -0.2) is 17.6 Å². The smallest absolute Gasteiger partial charge is 0.220 e. The van der Waals surface area contributed by atoms with Gasteiger partial charge in [-0.15, -0.1) is 0 Å². The monoisotopic (exact) mass is 316 g/mol. The van der Waals surface area contributed by atoms with E-state index in [0.29, 0.717) is 16.5 Å². The number of aliphatic imine (C=N–C) groups is 2. The number of anilines is 1. The lowest BCUT2D eigenvalue weighted by Crippen LogP contribution is -2.58. The van der Waals surface area contributed by atoms with E-state index in [1.54, 1.807) is 12.1 Å². The number of rotatable bonds is 1. The van der Waals surface area contributed by atoms with Gasteiger partial charge in [0.15, 0.2) is 0 Å². The van der Waals surface area contributed by atoms with Crippen LogP contribution in [0.2, 0.25) is 5.02 Å². The number of halogens is 1. The van der Waals surface area contributed by atoms with E-state index in [9.17, 15) is 0 Å². The van der Waals surface area contributed by atoms with Gasteiger partial charge >= 0.3 is 0 Å². The van der Waals surface area contributed by atoms with Gasteiger partial charge in [-0.3, -0.25) is 4.90 Å². The van der Waals surface area contributed by atoms with E-state index in [2.05, 4.69) is 16.1 Å². The zero-order valence-electron chi connectivity index (χ0n) is 12.1. The molecule has 1 heterocycles. The molecule has 0 saturated heterocycles. The van der Waals surface area contributed by atoms with E-state index in [1.165, 1.54) is 6.42 Å². The highest BCUT2D eigenvalue weighted by Gasteiger charge is 2.42. The molecule has 0 atom stereocenters. The lowest BCUT2D eigenvalue weighted by Gasteiger charge is -2.45. The maximum Gasteiger partial charge on any atom is 0.220 e. The van der Waals surface area contributed by atoms with Crippen molar-refractivity contribution in [3.05, 3.63) is 28.8 Å². The van der Waals surface area contributed by atoms with Gasteiger partial charge in [-0.25, -0.2) is 4.99 Å². The number of nitrogens with zero attached hydrogens (tertiary/aromatic N) is 4. The molecule has 4 N–H and O–H groups in total. The quantitative estimate of drug-likeness (QED) is 0.829.